The summed E-state index contributed by atoms with van der Waals surface area (Å²) in [5.41, 5.74) is 2.26. The first-order valence-electron chi connectivity index (χ1n) is 8.82. The number of carbonyl (C=O) groups excluding carboxylic acids is 1. The molecule has 1 aliphatic rings. The average molecular weight is 381 g/mol. The van der Waals surface area contributed by atoms with E-state index in [1.54, 1.807) is 4.68 Å². The molecule has 0 radical (unpaired) electrons. The Morgan fingerprint density at radius 2 is 2.20 bits per heavy atom. The van der Waals surface area contributed by atoms with Gasteiger partial charge in [0.25, 0.3) is 5.91 Å². The minimum absolute atomic E-state index is 0.0483. The molecule has 1 saturated heterocycles. The number of nitrogens with zero attached hydrogens (tertiary/aromatic N) is 3. The lowest BCUT2D eigenvalue weighted by atomic mass is 9.96. The summed E-state index contributed by atoms with van der Waals surface area (Å²) < 4.78 is 1.77. The van der Waals surface area contributed by atoms with E-state index in [1.807, 2.05) is 24.6 Å². The molecule has 3 rings (SSSR count). The molecular formula is C18H25ClN4OS. The van der Waals surface area contributed by atoms with Crippen molar-refractivity contribution in [3.05, 3.63) is 38.8 Å². The van der Waals surface area contributed by atoms with E-state index in [0.717, 1.165) is 66.7 Å². The predicted molar refractivity (Wildman–Crippen MR) is 102 cm³/mol. The van der Waals surface area contributed by atoms with Crippen LogP contribution in [-0.4, -0.2) is 40.2 Å². The van der Waals surface area contributed by atoms with Gasteiger partial charge in [-0.05, 0) is 49.7 Å². The van der Waals surface area contributed by atoms with Crippen molar-refractivity contribution in [2.45, 2.75) is 32.7 Å². The third kappa shape index (κ3) is 4.43. The second-order valence-electron chi connectivity index (χ2n) is 6.60. The second kappa shape index (κ2) is 8.34. The highest BCUT2D eigenvalue weighted by atomic mass is 35.5. The fraction of sp³-hybridized carbons (Fsp3) is 0.556. The topological polar surface area (TPSA) is 50.2 Å². The molecule has 1 aliphatic heterocycles. The van der Waals surface area contributed by atoms with Gasteiger partial charge >= 0.3 is 0 Å². The Bertz CT molecular complexity index is 705. The van der Waals surface area contributed by atoms with Crippen LogP contribution >= 0.6 is 22.9 Å². The maximum absolute atomic E-state index is 12.0. The molecule has 0 unspecified atom stereocenters. The molecule has 0 aliphatic carbocycles. The van der Waals surface area contributed by atoms with Crippen molar-refractivity contribution in [1.82, 2.24) is 20.0 Å². The van der Waals surface area contributed by atoms with Gasteiger partial charge in [0.1, 0.15) is 5.15 Å². The van der Waals surface area contributed by atoms with Gasteiger partial charge in [-0.1, -0.05) is 24.6 Å². The number of hydrogen-bond donors (Lipinski definition) is 1. The number of carbonyl (C=O) groups is 1. The van der Waals surface area contributed by atoms with Crippen molar-refractivity contribution < 1.29 is 4.79 Å². The molecule has 0 bridgehead atoms. The highest BCUT2D eigenvalue weighted by molar-refractivity contribution is 7.12. The van der Waals surface area contributed by atoms with Crippen molar-refractivity contribution >= 4 is 28.8 Å². The molecule has 1 N–H and O–H groups in total. The molecule has 2 aromatic heterocycles. The number of nitrogens with one attached hydrogen (secondary N) is 1. The number of rotatable bonds is 6. The lowest BCUT2D eigenvalue weighted by Gasteiger charge is -2.32. The van der Waals surface area contributed by atoms with Gasteiger partial charge < -0.3 is 5.32 Å². The number of likely N-dealkylation sites (tertiary alicyclic amines) is 1. The molecule has 5 nitrogen and oxygen atoms in total. The Kier molecular flexibility index (Phi) is 6.15. The number of hydrogen-bond acceptors (Lipinski definition) is 4. The summed E-state index contributed by atoms with van der Waals surface area (Å²) >= 11 is 7.89. The number of piperidine rings is 1. The lowest BCUT2D eigenvalue weighted by molar-refractivity contribution is 0.0939. The van der Waals surface area contributed by atoms with Crippen LogP contribution < -0.4 is 5.32 Å². The van der Waals surface area contributed by atoms with Crippen LogP contribution in [0.3, 0.4) is 0 Å². The minimum Gasteiger partial charge on any atom is -0.351 e. The molecule has 0 spiro atoms. The van der Waals surface area contributed by atoms with Crippen molar-refractivity contribution in [3.8, 4) is 0 Å². The molecule has 25 heavy (non-hydrogen) atoms. The Hall–Kier alpha value is -1.37. The van der Waals surface area contributed by atoms with Gasteiger partial charge in [-0.15, -0.1) is 11.3 Å². The van der Waals surface area contributed by atoms with Crippen LogP contribution in [0, 0.1) is 5.92 Å². The standard InChI is InChI=1S/C18H25ClN4OS/c1-3-15-14(17(19)22(2)21-15)12-23-8-6-13(7-9-23)11-20-18(24)16-5-4-10-25-16/h4-5,10,13H,3,6-9,11-12H2,1-2H3,(H,20,24). The van der Waals surface area contributed by atoms with Crippen LogP contribution in [-0.2, 0) is 20.0 Å². The highest BCUT2D eigenvalue weighted by Crippen LogP contribution is 2.24. The summed E-state index contributed by atoms with van der Waals surface area (Å²) in [5.74, 6) is 0.599. The Labute approximate surface area is 158 Å². The summed E-state index contributed by atoms with van der Waals surface area (Å²) in [4.78, 5) is 15.3. The SMILES string of the molecule is CCc1nn(C)c(Cl)c1CN1CCC(CNC(=O)c2cccs2)CC1. The molecule has 136 valence electrons. The number of thiophene rings is 1. The van der Waals surface area contributed by atoms with Gasteiger partial charge in [-0.2, -0.15) is 5.10 Å². The summed E-state index contributed by atoms with van der Waals surface area (Å²) in [6.07, 6.45) is 3.11. The van der Waals surface area contributed by atoms with E-state index in [9.17, 15) is 4.79 Å². The van der Waals surface area contributed by atoms with Gasteiger partial charge in [0.15, 0.2) is 0 Å². The van der Waals surface area contributed by atoms with E-state index in [1.165, 1.54) is 11.3 Å². The Morgan fingerprint density at radius 3 is 2.84 bits per heavy atom. The average Bonchev–Trinajstić information content (AvgIpc) is 3.25. The number of aryl methyl sites for hydroxylation is 2. The van der Waals surface area contributed by atoms with Crippen molar-refractivity contribution in [2.75, 3.05) is 19.6 Å². The fourth-order valence-corrected chi connectivity index (χ4v) is 4.19. The van der Waals surface area contributed by atoms with Crippen molar-refractivity contribution in [3.63, 3.8) is 0 Å². The van der Waals surface area contributed by atoms with Gasteiger partial charge in [-0.25, -0.2) is 0 Å². The monoisotopic (exact) mass is 380 g/mol. The Balaban J connectivity index is 1.47. The van der Waals surface area contributed by atoms with Gasteiger partial charge in [0, 0.05) is 25.7 Å². The zero-order valence-electron chi connectivity index (χ0n) is 14.8. The highest BCUT2D eigenvalue weighted by Gasteiger charge is 2.23. The maximum atomic E-state index is 12.0. The van der Waals surface area contributed by atoms with E-state index in [-0.39, 0.29) is 5.91 Å². The Morgan fingerprint density at radius 1 is 1.44 bits per heavy atom. The zero-order valence-corrected chi connectivity index (χ0v) is 16.4. The molecule has 7 heteroatoms. The van der Waals surface area contributed by atoms with Crippen molar-refractivity contribution in [1.29, 1.82) is 0 Å². The van der Waals surface area contributed by atoms with Crippen LogP contribution in [0.25, 0.3) is 0 Å². The zero-order chi connectivity index (χ0) is 17.8. The molecule has 3 heterocycles. The lowest BCUT2D eigenvalue weighted by Crippen LogP contribution is -2.38. The van der Waals surface area contributed by atoms with Gasteiger partial charge in [0.2, 0.25) is 0 Å². The van der Waals surface area contributed by atoms with Crippen LogP contribution in [0.1, 0.15) is 40.7 Å². The number of aromatic nitrogens is 2. The molecule has 1 amide bonds. The van der Waals surface area contributed by atoms with E-state index in [0.29, 0.717) is 5.92 Å². The number of amides is 1. The molecule has 2 aromatic rings. The first kappa shape index (κ1) is 18.4. The first-order valence-corrected chi connectivity index (χ1v) is 10.1. The summed E-state index contributed by atoms with van der Waals surface area (Å²) in [6.45, 7) is 5.81. The van der Waals surface area contributed by atoms with Crippen LogP contribution in [0.5, 0.6) is 0 Å². The van der Waals surface area contributed by atoms with Gasteiger partial charge in [0.05, 0.1) is 10.6 Å². The quantitative estimate of drug-likeness (QED) is 0.836. The van der Waals surface area contributed by atoms with Crippen LogP contribution in [0.2, 0.25) is 5.15 Å². The summed E-state index contributed by atoms with van der Waals surface area (Å²) in [5, 5.41) is 10.2. The molecule has 0 aromatic carbocycles. The fourth-order valence-electron chi connectivity index (χ4n) is 3.34. The van der Waals surface area contributed by atoms with E-state index >= 15 is 0 Å². The van der Waals surface area contributed by atoms with Gasteiger partial charge in [-0.3, -0.25) is 14.4 Å². The third-order valence-electron chi connectivity index (χ3n) is 4.87. The molecule has 1 fully saturated rings. The maximum Gasteiger partial charge on any atom is 0.261 e. The van der Waals surface area contributed by atoms with E-state index in [2.05, 4.69) is 22.2 Å². The predicted octanol–water partition coefficient (Wildman–Crippen LogP) is 3.34. The van der Waals surface area contributed by atoms with Crippen LogP contribution in [0.4, 0.5) is 0 Å². The summed E-state index contributed by atoms with van der Waals surface area (Å²) in [7, 11) is 1.90. The van der Waals surface area contributed by atoms with E-state index < -0.39 is 0 Å². The number of halogens is 1. The smallest absolute Gasteiger partial charge is 0.261 e. The first-order chi connectivity index (χ1) is 12.1. The third-order valence-corrected chi connectivity index (χ3v) is 6.21. The van der Waals surface area contributed by atoms with Crippen molar-refractivity contribution in [2.24, 2.45) is 13.0 Å². The normalized spacial score (nSPS) is 16.3. The molecule has 0 atom stereocenters. The molecule has 0 saturated carbocycles. The van der Waals surface area contributed by atoms with E-state index in [4.69, 9.17) is 11.6 Å². The minimum atomic E-state index is 0.0483. The van der Waals surface area contributed by atoms with Crippen LogP contribution in [0.15, 0.2) is 17.5 Å². The molecular weight excluding hydrogens is 356 g/mol. The summed E-state index contributed by atoms with van der Waals surface area (Å²) in [6, 6.07) is 3.78. The second-order valence-corrected chi connectivity index (χ2v) is 7.91. The largest absolute Gasteiger partial charge is 0.351 e.